The number of hydrogen-bond acceptors (Lipinski definition) is 4. The first kappa shape index (κ1) is 21.6. The van der Waals surface area contributed by atoms with Gasteiger partial charge >= 0.3 is 0 Å². The van der Waals surface area contributed by atoms with Crippen molar-refractivity contribution in [1.29, 1.82) is 0 Å². The van der Waals surface area contributed by atoms with Crippen LogP contribution in [-0.2, 0) is 6.61 Å². The Labute approximate surface area is 184 Å². The third-order valence-electron chi connectivity index (χ3n) is 4.12. The maximum absolute atomic E-state index is 12.2. The number of rotatable bonds is 9. The molecular weight excluding hydrogens is 444 g/mol. The number of amides is 1. The minimum atomic E-state index is -0.282. The number of ether oxygens (including phenoxy) is 2. The molecule has 30 heavy (non-hydrogen) atoms. The molecule has 3 aromatic rings. The molecule has 0 saturated heterocycles. The van der Waals surface area contributed by atoms with E-state index in [0.717, 1.165) is 33.5 Å². The summed E-state index contributed by atoms with van der Waals surface area (Å²) in [6.45, 7) is 3.17. The molecule has 0 bridgehead atoms. The molecule has 0 radical (unpaired) electrons. The lowest BCUT2D eigenvalue weighted by Gasteiger charge is -2.07. The van der Waals surface area contributed by atoms with Gasteiger partial charge in [0.25, 0.3) is 5.91 Å². The molecule has 0 aliphatic heterocycles. The first-order chi connectivity index (χ1) is 14.6. The molecule has 1 N–H and O–H groups in total. The highest BCUT2D eigenvalue weighted by Gasteiger charge is 2.04. The maximum atomic E-state index is 12.2. The molecule has 0 unspecified atom stereocenters. The van der Waals surface area contributed by atoms with Crippen LogP contribution in [0.15, 0.2) is 82.4 Å². The lowest BCUT2D eigenvalue weighted by Crippen LogP contribution is -2.17. The normalized spacial score (nSPS) is 10.7. The Morgan fingerprint density at radius 2 is 1.80 bits per heavy atom. The van der Waals surface area contributed by atoms with Gasteiger partial charge in [-0.2, -0.15) is 5.10 Å². The summed E-state index contributed by atoms with van der Waals surface area (Å²) >= 11 is 3.46. The van der Waals surface area contributed by atoms with Crippen LogP contribution >= 0.6 is 15.9 Å². The summed E-state index contributed by atoms with van der Waals surface area (Å²) < 4.78 is 12.4. The number of nitrogens with zero attached hydrogens (tertiary/aromatic N) is 1. The molecule has 1 amide bonds. The molecule has 3 aromatic carbocycles. The molecular formula is C24H23BrN2O3. The van der Waals surface area contributed by atoms with Crippen molar-refractivity contribution in [2.45, 2.75) is 20.0 Å². The molecule has 154 valence electrons. The van der Waals surface area contributed by atoms with Crippen molar-refractivity contribution in [1.82, 2.24) is 5.43 Å². The minimum Gasteiger partial charge on any atom is -0.494 e. The van der Waals surface area contributed by atoms with E-state index >= 15 is 0 Å². The average Bonchev–Trinajstić information content (AvgIpc) is 2.77. The van der Waals surface area contributed by atoms with Crippen LogP contribution in [0.4, 0.5) is 0 Å². The minimum absolute atomic E-state index is 0.282. The lowest BCUT2D eigenvalue weighted by atomic mass is 10.2. The van der Waals surface area contributed by atoms with Gasteiger partial charge in [-0.05, 0) is 66.1 Å². The van der Waals surface area contributed by atoms with Gasteiger partial charge in [0.05, 0.1) is 12.8 Å². The van der Waals surface area contributed by atoms with E-state index in [-0.39, 0.29) is 5.91 Å². The van der Waals surface area contributed by atoms with E-state index in [1.165, 1.54) is 0 Å². The van der Waals surface area contributed by atoms with Gasteiger partial charge in [-0.3, -0.25) is 4.79 Å². The van der Waals surface area contributed by atoms with Crippen LogP contribution in [0.3, 0.4) is 0 Å². The highest BCUT2D eigenvalue weighted by Crippen LogP contribution is 2.17. The number of benzene rings is 3. The van der Waals surface area contributed by atoms with Crippen LogP contribution < -0.4 is 14.9 Å². The van der Waals surface area contributed by atoms with E-state index in [1.54, 1.807) is 30.5 Å². The first-order valence-corrected chi connectivity index (χ1v) is 10.5. The van der Waals surface area contributed by atoms with Crippen molar-refractivity contribution >= 4 is 28.1 Å². The van der Waals surface area contributed by atoms with Gasteiger partial charge in [0.15, 0.2) is 0 Å². The van der Waals surface area contributed by atoms with Crippen LogP contribution in [0, 0.1) is 0 Å². The van der Waals surface area contributed by atoms with E-state index in [9.17, 15) is 4.79 Å². The summed E-state index contributed by atoms with van der Waals surface area (Å²) in [6.07, 6.45) is 2.52. The highest BCUT2D eigenvalue weighted by atomic mass is 79.9. The topological polar surface area (TPSA) is 59.9 Å². The average molecular weight is 467 g/mol. The van der Waals surface area contributed by atoms with Crippen LogP contribution in [0.1, 0.15) is 34.8 Å². The smallest absolute Gasteiger partial charge is 0.271 e. The van der Waals surface area contributed by atoms with Crippen molar-refractivity contribution < 1.29 is 14.3 Å². The van der Waals surface area contributed by atoms with Crippen LogP contribution in [0.25, 0.3) is 0 Å². The monoisotopic (exact) mass is 466 g/mol. The fourth-order valence-electron chi connectivity index (χ4n) is 2.63. The summed E-state index contributed by atoms with van der Waals surface area (Å²) in [6, 6.07) is 22.5. The molecule has 3 rings (SSSR count). The zero-order valence-corrected chi connectivity index (χ0v) is 18.3. The summed E-state index contributed by atoms with van der Waals surface area (Å²) in [5.74, 6) is 1.19. The lowest BCUT2D eigenvalue weighted by molar-refractivity contribution is 0.0955. The fraction of sp³-hybridized carbons (Fsp3) is 0.167. The third-order valence-corrected chi connectivity index (χ3v) is 4.61. The predicted molar refractivity (Wildman–Crippen MR) is 122 cm³/mol. The quantitative estimate of drug-likeness (QED) is 0.330. The van der Waals surface area contributed by atoms with Gasteiger partial charge < -0.3 is 9.47 Å². The van der Waals surface area contributed by atoms with Gasteiger partial charge in [-0.15, -0.1) is 0 Å². The molecule has 0 atom stereocenters. The van der Waals surface area contributed by atoms with E-state index in [0.29, 0.717) is 18.8 Å². The zero-order chi connectivity index (χ0) is 21.2. The molecule has 5 nitrogen and oxygen atoms in total. The number of hydrazone groups is 1. The Hall–Kier alpha value is -3.12. The fourth-order valence-corrected chi connectivity index (χ4v) is 3.08. The molecule has 0 aliphatic carbocycles. The van der Waals surface area contributed by atoms with Crippen molar-refractivity contribution in [3.8, 4) is 11.5 Å². The highest BCUT2D eigenvalue weighted by molar-refractivity contribution is 9.10. The Morgan fingerprint density at radius 3 is 2.57 bits per heavy atom. The van der Waals surface area contributed by atoms with E-state index < -0.39 is 0 Å². The molecule has 0 fully saturated rings. The van der Waals surface area contributed by atoms with Crippen molar-refractivity contribution in [3.63, 3.8) is 0 Å². The second kappa shape index (κ2) is 11.2. The number of hydrogen-bond donors (Lipinski definition) is 1. The summed E-state index contributed by atoms with van der Waals surface area (Å²) in [7, 11) is 0. The zero-order valence-electron chi connectivity index (χ0n) is 16.7. The Kier molecular flexibility index (Phi) is 8.03. The summed E-state index contributed by atoms with van der Waals surface area (Å²) in [4.78, 5) is 12.2. The predicted octanol–water partition coefficient (Wildman–Crippen LogP) is 5.58. The summed E-state index contributed by atoms with van der Waals surface area (Å²) in [5.41, 5.74) is 4.95. The molecule has 0 spiro atoms. The van der Waals surface area contributed by atoms with E-state index in [2.05, 4.69) is 26.5 Å². The molecule has 0 aliphatic rings. The van der Waals surface area contributed by atoms with Crippen molar-refractivity contribution in [3.05, 3.63) is 94.0 Å². The van der Waals surface area contributed by atoms with Gasteiger partial charge in [0.2, 0.25) is 0 Å². The van der Waals surface area contributed by atoms with E-state index in [4.69, 9.17) is 9.47 Å². The molecule has 0 saturated carbocycles. The standard InChI is InChI=1S/C24H23BrN2O3/c1-2-13-29-22-11-9-20(10-12-22)24(28)27-26-16-18-5-4-8-23(15-18)30-17-19-6-3-7-21(25)14-19/h3-12,14-16H,2,13,17H2,1H3,(H,27,28). The van der Waals surface area contributed by atoms with Crippen molar-refractivity contribution in [2.75, 3.05) is 6.61 Å². The van der Waals surface area contributed by atoms with Crippen LogP contribution in [0.2, 0.25) is 0 Å². The molecule has 0 aromatic heterocycles. The maximum Gasteiger partial charge on any atom is 0.271 e. The SMILES string of the molecule is CCCOc1ccc(C(=O)NN=Cc2cccc(OCc3cccc(Br)c3)c2)cc1. The largest absolute Gasteiger partial charge is 0.494 e. The first-order valence-electron chi connectivity index (χ1n) is 9.67. The van der Waals surface area contributed by atoms with Gasteiger partial charge in [0, 0.05) is 10.0 Å². The Morgan fingerprint density at radius 1 is 1.00 bits per heavy atom. The van der Waals surface area contributed by atoms with E-state index in [1.807, 2.05) is 55.5 Å². The Bertz CT molecular complexity index is 1000. The number of carbonyl (C=O) groups excluding carboxylic acids is 1. The van der Waals surface area contributed by atoms with Gasteiger partial charge in [-0.1, -0.05) is 47.1 Å². The Balaban J connectivity index is 1.53. The summed E-state index contributed by atoms with van der Waals surface area (Å²) in [5, 5.41) is 4.04. The van der Waals surface area contributed by atoms with Crippen LogP contribution in [0.5, 0.6) is 11.5 Å². The third kappa shape index (κ3) is 6.74. The molecule has 0 heterocycles. The number of carbonyl (C=O) groups is 1. The van der Waals surface area contributed by atoms with Gasteiger partial charge in [-0.25, -0.2) is 5.43 Å². The number of nitrogens with one attached hydrogen (secondary N) is 1. The van der Waals surface area contributed by atoms with Crippen molar-refractivity contribution in [2.24, 2.45) is 5.10 Å². The second-order valence-electron chi connectivity index (χ2n) is 6.56. The molecule has 6 heteroatoms. The number of halogens is 1. The second-order valence-corrected chi connectivity index (χ2v) is 7.48. The van der Waals surface area contributed by atoms with Gasteiger partial charge in [0.1, 0.15) is 18.1 Å². The van der Waals surface area contributed by atoms with Crippen LogP contribution in [-0.4, -0.2) is 18.7 Å².